The number of hydrogen-bond donors (Lipinski definition) is 2. The number of nitrogens with zero attached hydrogens (tertiary/aromatic N) is 2. The highest BCUT2D eigenvalue weighted by molar-refractivity contribution is 7.14. The van der Waals surface area contributed by atoms with Gasteiger partial charge in [0.2, 0.25) is 0 Å². The normalized spacial score (nSPS) is 15.4. The minimum Gasteiger partial charge on any atom is -0.393 e. The number of anilines is 1. The zero-order chi connectivity index (χ0) is 20.1. The van der Waals surface area contributed by atoms with Crippen LogP contribution in [0.5, 0.6) is 0 Å². The van der Waals surface area contributed by atoms with Crippen LogP contribution in [0.3, 0.4) is 0 Å². The van der Waals surface area contributed by atoms with Gasteiger partial charge >= 0.3 is 0 Å². The number of nitrogens with one attached hydrogen (secondary N) is 1. The van der Waals surface area contributed by atoms with Crippen LogP contribution >= 0.6 is 11.5 Å². The van der Waals surface area contributed by atoms with Gasteiger partial charge in [-0.1, -0.05) is 41.9 Å². The summed E-state index contributed by atoms with van der Waals surface area (Å²) >= 11 is 1.12. The molecule has 2 N–H and O–H groups in total. The fourth-order valence-corrected chi connectivity index (χ4v) is 4.92. The zero-order valence-electron chi connectivity index (χ0n) is 15.4. The number of aliphatic hydroxyl groups is 1. The lowest BCUT2D eigenvalue weighted by Crippen LogP contribution is -2.36. The van der Waals surface area contributed by atoms with Crippen molar-refractivity contribution in [3.8, 4) is 11.1 Å². The highest BCUT2D eigenvalue weighted by Gasteiger charge is 2.23. The van der Waals surface area contributed by atoms with Gasteiger partial charge in [0.05, 0.1) is 28.2 Å². The summed E-state index contributed by atoms with van der Waals surface area (Å²) in [5.41, 5.74) is 1.52. The van der Waals surface area contributed by atoms with E-state index in [1.165, 1.54) is 10.6 Å². The maximum Gasteiger partial charge on any atom is 0.271 e. The third-order valence-electron chi connectivity index (χ3n) is 5.50. The third-order valence-corrected chi connectivity index (χ3v) is 6.40. The molecule has 0 saturated carbocycles. The molecule has 0 amide bonds. The topological polar surface area (TPSA) is 77.8 Å². The van der Waals surface area contributed by atoms with Crippen LogP contribution in [0.1, 0.15) is 12.8 Å². The van der Waals surface area contributed by atoms with Crippen LogP contribution in [-0.4, -0.2) is 33.1 Å². The first-order valence-electron chi connectivity index (χ1n) is 9.42. The number of aromatic nitrogens is 2. The summed E-state index contributed by atoms with van der Waals surface area (Å²) in [6, 6.07) is 11.2. The number of H-pyrrole nitrogens is 1. The SMILES string of the molecule is O=c1[nH]sc2c(-c3ccccc3)c3cc(N4CCC(O)CC4)c(F)cn3c(=O)c12. The molecule has 3 aromatic heterocycles. The Balaban J connectivity index is 1.86. The molecule has 29 heavy (non-hydrogen) atoms. The van der Waals surface area contributed by atoms with Gasteiger partial charge in [-0.25, -0.2) is 4.39 Å². The van der Waals surface area contributed by atoms with Crippen molar-refractivity contribution < 1.29 is 9.50 Å². The number of aliphatic hydroxyl groups excluding tert-OH is 1. The third kappa shape index (κ3) is 2.87. The molecule has 5 rings (SSSR count). The first-order chi connectivity index (χ1) is 14.0. The van der Waals surface area contributed by atoms with Crippen molar-refractivity contribution in [1.29, 1.82) is 0 Å². The van der Waals surface area contributed by atoms with Gasteiger partial charge in [0.25, 0.3) is 11.1 Å². The predicted molar refractivity (Wildman–Crippen MR) is 113 cm³/mol. The number of benzene rings is 1. The zero-order valence-corrected chi connectivity index (χ0v) is 16.2. The van der Waals surface area contributed by atoms with Crippen molar-refractivity contribution in [1.82, 2.24) is 8.77 Å². The number of piperidine rings is 1. The average Bonchev–Trinajstić information content (AvgIpc) is 3.11. The lowest BCUT2D eigenvalue weighted by Gasteiger charge is -2.32. The molecule has 1 saturated heterocycles. The summed E-state index contributed by atoms with van der Waals surface area (Å²) in [4.78, 5) is 27.1. The number of rotatable bonds is 2. The fourth-order valence-electron chi connectivity index (χ4n) is 4.02. The van der Waals surface area contributed by atoms with Crippen LogP contribution in [0.15, 0.2) is 52.2 Å². The lowest BCUT2D eigenvalue weighted by molar-refractivity contribution is 0.145. The first kappa shape index (κ1) is 18.1. The molecule has 4 aromatic rings. The van der Waals surface area contributed by atoms with Gasteiger partial charge in [0.1, 0.15) is 5.39 Å². The van der Waals surface area contributed by atoms with E-state index < -0.39 is 16.9 Å². The summed E-state index contributed by atoms with van der Waals surface area (Å²) in [7, 11) is 0. The smallest absolute Gasteiger partial charge is 0.271 e. The molecular formula is C21H18FN3O3S. The maximum absolute atomic E-state index is 15.0. The van der Waals surface area contributed by atoms with Crippen LogP contribution < -0.4 is 16.0 Å². The Labute approximate surface area is 168 Å². The molecule has 1 aromatic carbocycles. The monoisotopic (exact) mass is 411 g/mol. The largest absolute Gasteiger partial charge is 0.393 e. The highest BCUT2D eigenvalue weighted by atomic mass is 32.1. The Hall–Kier alpha value is -2.97. The maximum atomic E-state index is 15.0. The summed E-state index contributed by atoms with van der Waals surface area (Å²) in [5, 5.41) is 9.81. The first-order valence-corrected chi connectivity index (χ1v) is 10.2. The molecule has 1 aliphatic rings. The summed E-state index contributed by atoms with van der Waals surface area (Å²) in [5.74, 6) is -0.527. The van der Waals surface area contributed by atoms with Gasteiger partial charge in [0.15, 0.2) is 5.82 Å². The van der Waals surface area contributed by atoms with E-state index in [2.05, 4.69) is 4.37 Å². The molecule has 0 radical (unpaired) electrons. The van der Waals surface area contributed by atoms with Crippen molar-refractivity contribution in [3.63, 3.8) is 0 Å². The molecule has 0 bridgehead atoms. The predicted octanol–water partition coefficient (Wildman–Crippen LogP) is 2.97. The Morgan fingerprint density at radius 2 is 1.86 bits per heavy atom. The van der Waals surface area contributed by atoms with Crippen molar-refractivity contribution in [2.24, 2.45) is 0 Å². The van der Waals surface area contributed by atoms with E-state index >= 15 is 0 Å². The molecule has 0 unspecified atom stereocenters. The number of hydrogen-bond acceptors (Lipinski definition) is 5. The Bertz CT molecular complexity index is 1330. The molecule has 6 nitrogen and oxygen atoms in total. The molecule has 8 heteroatoms. The number of fused-ring (bicyclic) bond motifs is 2. The van der Waals surface area contributed by atoms with E-state index in [0.29, 0.717) is 41.8 Å². The molecular weight excluding hydrogens is 393 g/mol. The molecule has 0 atom stereocenters. The van der Waals surface area contributed by atoms with Crippen molar-refractivity contribution in [2.45, 2.75) is 18.9 Å². The second-order valence-corrected chi connectivity index (χ2v) is 8.08. The van der Waals surface area contributed by atoms with Crippen molar-refractivity contribution in [3.05, 3.63) is 69.1 Å². The average molecular weight is 411 g/mol. The Morgan fingerprint density at radius 3 is 2.59 bits per heavy atom. The van der Waals surface area contributed by atoms with Crippen molar-refractivity contribution in [2.75, 3.05) is 18.0 Å². The van der Waals surface area contributed by atoms with E-state index in [9.17, 15) is 19.1 Å². The minimum absolute atomic E-state index is 0.0413. The van der Waals surface area contributed by atoms with Crippen LogP contribution in [0.25, 0.3) is 26.7 Å². The second kappa shape index (κ2) is 6.82. The Morgan fingerprint density at radius 1 is 1.14 bits per heavy atom. The molecule has 0 aliphatic carbocycles. The van der Waals surface area contributed by atoms with Crippen molar-refractivity contribution >= 4 is 32.8 Å². The van der Waals surface area contributed by atoms with Gasteiger partial charge in [-0.3, -0.25) is 18.4 Å². The standard InChI is InChI=1S/C21H18FN3O3S/c22-14-11-25-16(10-15(14)24-8-6-13(26)7-9-24)17(12-4-2-1-3-5-12)19-18(21(25)28)20(27)23-29-19/h1-5,10-11,13,26H,6-9H2,(H,23,27). The Kier molecular flexibility index (Phi) is 4.25. The van der Waals surface area contributed by atoms with E-state index in [0.717, 1.165) is 22.7 Å². The van der Waals surface area contributed by atoms with Crippen LogP contribution in [0.2, 0.25) is 0 Å². The van der Waals surface area contributed by atoms with Gasteiger partial charge in [-0.15, -0.1) is 0 Å². The molecule has 4 heterocycles. The van der Waals surface area contributed by atoms with Gasteiger partial charge < -0.3 is 10.0 Å². The van der Waals surface area contributed by atoms with Gasteiger partial charge in [-0.2, -0.15) is 0 Å². The summed E-state index contributed by atoms with van der Waals surface area (Å²) in [6.45, 7) is 1.08. The number of aromatic amines is 1. The fraction of sp³-hybridized carbons (Fsp3) is 0.238. The second-order valence-electron chi connectivity index (χ2n) is 7.26. The van der Waals surface area contributed by atoms with E-state index in [1.807, 2.05) is 35.2 Å². The van der Waals surface area contributed by atoms with E-state index in [1.54, 1.807) is 6.07 Å². The highest BCUT2D eigenvalue weighted by Crippen LogP contribution is 2.35. The number of pyridine rings is 2. The van der Waals surface area contributed by atoms with Crippen LogP contribution in [0, 0.1) is 5.82 Å². The van der Waals surface area contributed by atoms with Crippen LogP contribution in [-0.2, 0) is 0 Å². The van der Waals surface area contributed by atoms with Crippen LogP contribution in [0.4, 0.5) is 10.1 Å². The molecule has 1 aliphatic heterocycles. The van der Waals surface area contributed by atoms with Gasteiger partial charge in [0, 0.05) is 18.7 Å². The van der Waals surface area contributed by atoms with E-state index in [-0.39, 0.29) is 11.5 Å². The lowest BCUT2D eigenvalue weighted by atomic mass is 10.0. The number of halogens is 1. The molecule has 1 fully saturated rings. The quantitative estimate of drug-likeness (QED) is 0.532. The van der Waals surface area contributed by atoms with E-state index in [4.69, 9.17) is 0 Å². The molecule has 0 spiro atoms. The summed E-state index contributed by atoms with van der Waals surface area (Å²) in [6.07, 6.45) is 1.94. The molecule has 148 valence electrons. The minimum atomic E-state index is -0.531. The van der Waals surface area contributed by atoms with Gasteiger partial charge in [-0.05, 0) is 24.5 Å². The summed E-state index contributed by atoms with van der Waals surface area (Å²) < 4.78 is 19.4.